The van der Waals surface area contributed by atoms with E-state index in [1.165, 1.54) is 212 Å². The van der Waals surface area contributed by atoms with E-state index in [9.17, 15) is 19.8 Å². The molecule has 0 bridgehead atoms. The Labute approximate surface area is 393 Å². The molecule has 3 atom stereocenters. The minimum Gasteiger partial charge on any atom is -0.462 e. The number of hydrogen-bond acceptors (Lipinski definition) is 5. The van der Waals surface area contributed by atoms with Gasteiger partial charge in [-0.15, -0.1) is 0 Å². The molecule has 63 heavy (non-hydrogen) atoms. The molecular formula is C57H111NO5. The zero-order chi connectivity index (χ0) is 45.9. The van der Waals surface area contributed by atoms with Crippen molar-refractivity contribution >= 4 is 11.9 Å². The normalized spacial score (nSPS) is 13.2. The van der Waals surface area contributed by atoms with Gasteiger partial charge < -0.3 is 20.3 Å². The number of carbonyl (C=O) groups excluding carboxylic acids is 2. The lowest BCUT2D eigenvalue weighted by molar-refractivity contribution is -0.151. The molecule has 0 aromatic heterocycles. The minimum absolute atomic E-state index is 0.0792. The number of unbranched alkanes of at least 4 members (excludes halogenated alkanes) is 38. The lowest BCUT2D eigenvalue weighted by atomic mass is 10.0. The van der Waals surface area contributed by atoms with Gasteiger partial charge in [-0.3, -0.25) is 9.59 Å². The molecule has 0 spiro atoms. The number of carbonyl (C=O) groups is 2. The third kappa shape index (κ3) is 46.9. The standard InChI is InChI=1S/C57H111NO5/c1-4-7-10-13-16-19-22-24-26-27-28-29-31-33-35-38-41-44-47-50-57(62)63-53(48-45-42-39-36-34-32-30-25-23-20-17-14-11-8-5-2)51-56(61)58-54(52-59)55(60)49-46-43-40-37-21-18-15-12-9-6-3/h25,30,53-55,59-60H,4-24,26-29,31-52H2,1-3H3,(H,58,61)/b30-25+. The number of nitrogens with one attached hydrogen (secondary N) is 1. The van der Waals surface area contributed by atoms with Gasteiger partial charge in [0.05, 0.1) is 25.2 Å². The molecule has 0 saturated carbocycles. The summed E-state index contributed by atoms with van der Waals surface area (Å²) in [5, 5.41) is 23.8. The number of ether oxygens (including phenoxy) is 1. The zero-order valence-electron chi connectivity index (χ0n) is 42.7. The zero-order valence-corrected chi connectivity index (χ0v) is 42.7. The van der Waals surface area contributed by atoms with Crippen LogP contribution in [0.4, 0.5) is 0 Å². The van der Waals surface area contributed by atoms with Crippen molar-refractivity contribution in [3.63, 3.8) is 0 Å². The average molecular weight is 891 g/mol. The van der Waals surface area contributed by atoms with Crippen LogP contribution in [0.5, 0.6) is 0 Å². The molecule has 3 N–H and O–H groups in total. The van der Waals surface area contributed by atoms with Crippen LogP contribution in [0.25, 0.3) is 0 Å². The predicted molar refractivity (Wildman–Crippen MR) is 273 cm³/mol. The van der Waals surface area contributed by atoms with Crippen LogP contribution in [0.3, 0.4) is 0 Å². The summed E-state index contributed by atoms with van der Waals surface area (Å²) in [7, 11) is 0. The van der Waals surface area contributed by atoms with E-state index < -0.39 is 18.2 Å². The molecule has 0 radical (unpaired) electrons. The lowest BCUT2D eigenvalue weighted by Gasteiger charge is -2.24. The molecule has 0 rings (SSSR count). The lowest BCUT2D eigenvalue weighted by Crippen LogP contribution is -2.46. The Bertz CT molecular complexity index is 955. The molecule has 1 amide bonds. The number of esters is 1. The van der Waals surface area contributed by atoms with Gasteiger partial charge >= 0.3 is 5.97 Å². The Balaban J connectivity index is 4.47. The van der Waals surface area contributed by atoms with Crippen LogP contribution in [0, 0.1) is 0 Å². The molecule has 0 aliphatic heterocycles. The van der Waals surface area contributed by atoms with E-state index in [-0.39, 0.29) is 24.9 Å². The van der Waals surface area contributed by atoms with Gasteiger partial charge in [-0.2, -0.15) is 0 Å². The first-order valence-electron chi connectivity index (χ1n) is 28.4. The third-order valence-corrected chi connectivity index (χ3v) is 13.3. The van der Waals surface area contributed by atoms with Crippen molar-refractivity contribution in [1.82, 2.24) is 5.32 Å². The highest BCUT2D eigenvalue weighted by Gasteiger charge is 2.24. The van der Waals surface area contributed by atoms with Crippen LogP contribution in [0.1, 0.15) is 316 Å². The van der Waals surface area contributed by atoms with Crippen molar-refractivity contribution in [2.24, 2.45) is 0 Å². The summed E-state index contributed by atoms with van der Waals surface area (Å²) in [6.45, 7) is 6.50. The fourth-order valence-corrected chi connectivity index (χ4v) is 9.02. The summed E-state index contributed by atoms with van der Waals surface area (Å²) in [5.41, 5.74) is 0. The minimum atomic E-state index is -0.784. The molecule has 0 saturated heterocycles. The van der Waals surface area contributed by atoms with E-state index in [1.807, 2.05) is 0 Å². The first kappa shape index (κ1) is 61.6. The van der Waals surface area contributed by atoms with Crippen LogP contribution in [-0.2, 0) is 14.3 Å². The van der Waals surface area contributed by atoms with Crippen LogP contribution < -0.4 is 5.32 Å². The van der Waals surface area contributed by atoms with Crippen molar-refractivity contribution < 1.29 is 24.5 Å². The predicted octanol–water partition coefficient (Wildman–Crippen LogP) is 17.3. The van der Waals surface area contributed by atoms with Gasteiger partial charge in [-0.1, -0.05) is 264 Å². The van der Waals surface area contributed by atoms with Crippen molar-refractivity contribution in [3.8, 4) is 0 Å². The largest absolute Gasteiger partial charge is 0.462 e. The molecular weight excluding hydrogens is 779 g/mol. The van der Waals surface area contributed by atoms with Gasteiger partial charge in [-0.05, 0) is 51.4 Å². The smallest absolute Gasteiger partial charge is 0.306 e. The summed E-state index contributed by atoms with van der Waals surface area (Å²) in [6, 6.07) is -0.697. The molecule has 6 heteroatoms. The second-order valence-electron chi connectivity index (χ2n) is 19.7. The molecule has 0 aromatic rings. The molecule has 0 aliphatic rings. The first-order chi connectivity index (χ1) is 31.0. The van der Waals surface area contributed by atoms with E-state index in [4.69, 9.17) is 4.74 Å². The number of aliphatic hydroxyl groups excluding tert-OH is 2. The summed E-state index contributed by atoms with van der Waals surface area (Å²) in [5.74, 6) is -0.461. The summed E-state index contributed by atoms with van der Waals surface area (Å²) >= 11 is 0. The van der Waals surface area contributed by atoms with Gasteiger partial charge in [0.25, 0.3) is 0 Å². The fraction of sp³-hybridized carbons (Fsp3) is 0.930. The van der Waals surface area contributed by atoms with Crippen LogP contribution in [0.15, 0.2) is 12.2 Å². The Morgan fingerprint density at radius 2 is 0.762 bits per heavy atom. The van der Waals surface area contributed by atoms with Gasteiger partial charge in [-0.25, -0.2) is 0 Å². The summed E-state index contributed by atoms with van der Waals surface area (Å²) in [4.78, 5) is 26.2. The first-order valence-corrected chi connectivity index (χ1v) is 28.4. The number of hydrogen-bond donors (Lipinski definition) is 3. The second-order valence-corrected chi connectivity index (χ2v) is 19.7. The third-order valence-electron chi connectivity index (χ3n) is 13.3. The van der Waals surface area contributed by atoms with Crippen molar-refractivity contribution in [2.75, 3.05) is 6.61 Å². The van der Waals surface area contributed by atoms with E-state index in [1.54, 1.807) is 0 Å². The van der Waals surface area contributed by atoms with Crippen LogP contribution >= 0.6 is 0 Å². The molecule has 0 fully saturated rings. The summed E-state index contributed by atoms with van der Waals surface area (Å²) < 4.78 is 5.96. The molecule has 374 valence electrons. The summed E-state index contributed by atoms with van der Waals surface area (Å²) in [6.07, 6.45) is 58.5. The van der Waals surface area contributed by atoms with Gasteiger partial charge in [0, 0.05) is 6.42 Å². The van der Waals surface area contributed by atoms with E-state index in [2.05, 4.69) is 38.2 Å². The van der Waals surface area contributed by atoms with Crippen molar-refractivity contribution in [2.45, 2.75) is 334 Å². The highest BCUT2D eigenvalue weighted by atomic mass is 16.5. The second kappa shape index (κ2) is 51.6. The Kier molecular flexibility index (Phi) is 50.4. The average Bonchev–Trinajstić information content (AvgIpc) is 3.28. The maximum absolute atomic E-state index is 13.2. The maximum Gasteiger partial charge on any atom is 0.306 e. The SMILES string of the molecule is CCCCCCCC/C=C/CCCCCCCC(CC(=O)NC(CO)C(O)CCCCCCCCCCCC)OC(=O)CCCCCCCCCCCCCCCCCCCCC. The molecule has 0 aliphatic carbocycles. The highest BCUT2D eigenvalue weighted by Crippen LogP contribution is 2.19. The van der Waals surface area contributed by atoms with Crippen molar-refractivity contribution in [3.05, 3.63) is 12.2 Å². The van der Waals surface area contributed by atoms with Crippen LogP contribution in [0.2, 0.25) is 0 Å². The van der Waals surface area contributed by atoms with E-state index in [0.29, 0.717) is 19.3 Å². The molecule has 6 nitrogen and oxygen atoms in total. The molecule has 3 unspecified atom stereocenters. The fourth-order valence-electron chi connectivity index (χ4n) is 9.02. The monoisotopic (exact) mass is 890 g/mol. The number of rotatable bonds is 52. The van der Waals surface area contributed by atoms with Gasteiger partial charge in [0.1, 0.15) is 6.10 Å². The number of aliphatic hydroxyl groups is 2. The van der Waals surface area contributed by atoms with E-state index >= 15 is 0 Å². The highest BCUT2D eigenvalue weighted by molar-refractivity contribution is 5.77. The van der Waals surface area contributed by atoms with Crippen molar-refractivity contribution in [1.29, 1.82) is 0 Å². The van der Waals surface area contributed by atoms with E-state index in [0.717, 1.165) is 57.8 Å². The quantitative estimate of drug-likeness (QED) is 0.0321. The molecule has 0 aromatic carbocycles. The molecule has 0 heterocycles. The van der Waals surface area contributed by atoms with Gasteiger partial charge in [0.2, 0.25) is 5.91 Å². The van der Waals surface area contributed by atoms with Crippen LogP contribution in [-0.4, -0.2) is 46.9 Å². The maximum atomic E-state index is 13.2. The topological polar surface area (TPSA) is 95.9 Å². The number of amides is 1. The Morgan fingerprint density at radius 1 is 0.444 bits per heavy atom. The Morgan fingerprint density at radius 3 is 1.13 bits per heavy atom. The van der Waals surface area contributed by atoms with Gasteiger partial charge in [0.15, 0.2) is 0 Å². The number of allylic oxidation sites excluding steroid dienone is 2. The Hall–Kier alpha value is -1.40.